The van der Waals surface area contributed by atoms with Crippen molar-refractivity contribution in [1.82, 2.24) is 14.5 Å². The van der Waals surface area contributed by atoms with Crippen LogP contribution in [-0.2, 0) is 9.84 Å². The Morgan fingerprint density at radius 3 is 2.40 bits per heavy atom. The number of aryl methyl sites for hydroxylation is 1. The van der Waals surface area contributed by atoms with Crippen molar-refractivity contribution < 1.29 is 13.2 Å². The molecule has 1 fully saturated rings. The molecule has 180 valence electrons. The second kappa shape index (κ2) is 8.92. The molecule has 35 heavy (non-hydrogen) atoms. The van der Waals surface area contributed by atoms with Crippen molar-refractivity contribution in [3.05, 3.63) is 77.7 Å². The highest BCUT2D eigenvalue weighted by Gasteiger charge is 2.32. The molecule has 8 heteroatoms. The number of sulfone groups is 1. The third-order valence-electron chi connectivity index (χ3n) is 6.55. The van der Waals surface area contributed by atoms with Gasteiger partial charge in [0.05, 0.1) is 28.8 Å². The van der Waals surface area contributed by atoms with Gasteiger partial charge in [0.1, 0.15) is 11.3 Å². The Labute approximate surface area is 205 Å². The summed E-state index contributed by atoms with van der Waals surface area (Å²) in [6.45, 7) is 6.09. The summed E-state index contributed by atoms with van der Waals surface area (Å²) in [6, 6.07) is 19.1. The second-order valence-corrected chi connectivity index (χ2v) is 11.6. The third kappa shape index (κ3) is 4.58. The molecule has 1 N–H and O–H groups in total. The van der Waals surface area contributed by atoms with E-state index in [1.165, 1.54) is 5.56 Å². The zero-order valence-corrected chi connectivity index (χ0v) is 20.8. The Hall–Kier alpha value is -3.52. The van der Waals surface area contributed by atoms with E-state index in [2.05, 4.69) is 24.1 Å². The number of rotatable bonds is 5. The van der Waals surface area contributed by atoms with Crippen molar-refractivity contribution in [2.75, 3.05) is 16.8 Å². The smallest absolute Gasteiger partial charge is 0.276 e. The minimum Gasteiger partial charge on any atom is -0.324 e. The molecule has 0 bridgehead atoms. The fourth-order valence-electron chi connectivity index (χ4n) is 4.71. The largest absolute Gasteiger partial charge is 0.324 e. The van der Waals surface area contributed by atoms with Crippen LogP contribution < -0.4 is 5.32 Å². The van der Waals surface area contributed by atoms with Crippen molar-refractivity contribution in [3.63, 3.8) is 0 Å². The monoisotopic (exact) mass is 488 g/mol. The molecule has 5 rings (SSSR count). The standard InChI is InChI=1S/C27H28N4O3S/c1-17(2)19-9-11-21(12-10-19)29-27(32)26-25-24(15-23(30-26)20-7-5-4-6-8-20)31(18(3)28-25)22-13-14-35(33,34)16-22/h4-12,15,17,22H,13-14,16H2,1-3H3,(H,29,32). The quantitative estimate of drug-likeness (QED) is 0.420. The van der Waals surface area contributed by atoms with Gasteiger partial charge in [0.15, 0.2) is 15.5 Å². The highest BCUT2D eigenvalue weighted by Crippen LogP contribution is 2.32. The molecule has 1 saturated heterocycles. The van der Waals surface area contributed by atoms with Gasteiger partial charge < -0.3 is 9.88 Å². The van der Waals surface area contributed by atoms with Gasteiger partial charge in [-0.05, 0) is 43.0 Å². The lowest BCUT2D eigenvalue weighted by molar-refractivity contribution is 0.102. The fourth-order valence-corrected chi connectivity index (χ4v) is 6.41. The Kier molecular flexibility index (Phi) is 5.92. The van der Waals surface area contributed by atoms with E-state index in [0.29, 0.717) is 35.1 Å². The zero-order chi connectivity index (χ0) is 24.7. The van der Waals surface area contributed by atoms with E-state index in [0.717, 1.165) is 11.1 Å². The van der Waals surface area contributed by atoms with Crippen LogP contribution in [0.15, 0.2) is 60.7 Å². The van der Waals surface area contributed by atoms with Crippen molar-refractivity contribution in [2.45, 2.75) is 39.2 Å². The van der Waals surface area contributed by atoms with Gasteiger partial charge >= 0.3 is 0 Å². The molecule has 0 radical (unpaired) electrons. The van der Waals surface area contributed by atoms with Gasteiger partial charge in [-0.15, -0.1) is 0 Å². The maximum atomic E-state index is 13.5. The van der Waals surface area contributed by atoms with Gasteiger partial charge in [-0.3, -0.25) is 4.79 Å². The minimum absolute atomic E-state index is 0.0754. The number of benzene rings is 2. The number of anilines is 1. The first kappa shape index (κ1) is 23.2. The Morgan fingerprint density at radius 1 is 1.06 bits per heavy atom. The highest BCUT2D eigenvalue weighted by atomic mass is 32.2. The number of pyridine rings is 1. The maximum Gasteiger partial charge on any atom is 0.276 e. The summed E-state index contributed by atoms with van der Waals surface area (Å²) < 4.78 is 26.4. The predicted molar refractivity (Wildman–Crippen MR) is 138 cm³/mol. The molecule has 1 amide bonds. The minimum atomic E-state index is -3.09. The Balaban J connectivity index is 1.62. The van der Waals surface area contributed by atoms with E-state index in [-0.39, 0.29) is 29.1 Å². The first-order valence-electron chi connectivity index (χ1n) is 11.8. The van der Waals surface area contributed by atoms with E-state index in [1.807, 2.05) is 72.2 Å². The molecule has 0 saturated carbocycles. The number of carbonyl (C=O) groups is 1. The molecular weight excluding hydrogens is 460 g/mol. The van der Waals surface area contributed by atoms with Crippen LogP contribution in [0.4, 0.5) is 5.69 Å². The van der Waals surface area contributed by atoms with E-state index in [9.17, 15) is 13.2 Å². The molecule has 0 spiro atoms. The highest BCUT2D eigenvalue weighted by molar-refractivity contribution is 7.91. The summed E-state index contributed by atoms with van der Waals surface area (Å²) in [6.07, 6.45) is 0.529. The summed E-state index contributed by atoms with van der Waals surface area (Å²) in [5.41, 5.74) is 4.79. The molecule has 1 aliphatic rings. The van der Waals surface area contributed by atoms with Crippen LogP contribution >= 0.6 is 0 Å². The summed E-state index contributed by atoms with van der Waals surface area (Å²) >= 11 is 0. The number of nitrogens with one attached hydrogen (secondary N) is 1. The SMILES string of the molecule is Cc1nc2c(C(=O)Nc3ccc(C(C)C)cc3)nc(-c3ccccc3)cc2n1C1CCS(=O)(=O)C1. The average molecular weight is 489 g/mol. The predicted octanol–water partition coefficient (Wildman–Crippen LogP) is 5.14. The summed E-state index contributed by atoms with van der Waals surface area (Å²) in [4.78, 5) is 22.9. The number of carbonyl (C=O) groups excluding carboxylic acids is 1. The average Bonchev–Trinajstić information content (AvgIpc) is 3.36. The summed E-state index contributed by atoms with van der Waals surface area (Å²) in [5, 5.41) is 2.96. The molecule has 1 unspecified atom stereocenters. The molecule has 2 aromatic heterocycles. The molecular formula is C27H28N4O3S. The van der Waals surface area contributed by atoms with Gasteiger partial charge in [0.25, 0.3) is 5.91 Å². The van der Waals surface area contributed by atoms with E-state index >= 15 is 0 Å². The summed E-state index contributed by atoms with van der Waals surface area (Å²) in [5.74, 6) is 0.951. The number of fused-ring (bicyclic) bond motifs is 1. The van der Waals surface area contributed by atoms with Gasteiger partial charge in [-0.1, -0.05) is 56.3 Å². The normalized spacial score (nSPS) is 17.2. The van der Waals surface area contributed by atoms with Crippen molar-refractivity contribution >= 4 is 32.5 Å². The van der Waals surface area contributed by atoms with Crippen LogP contribution in [0.1, 0.15) is 54.1 Å². The van der Waals surface area contributed by atoms with Crippen molar-refractivity contribution in [2.24, 2.45) is 0 Å². The molecule has 4 aromatic rings. The van der Waals surface area contributed by atoms with Crippen molar-refractivity contribution in [3.8, 4) is 11.3 Å². The van der Waals surface area contributed by atoms with Crippen LogP contribution in [0.25, 0.3) is 22.3 Å². The van der Waals surface area contributed by atoms with Gasteiger partial charge in [0, 0.05) is 11.3 Å². The lowest BCUT2D eigenvalue weighted by Gasteiger charge is -2.15. The molecule has 1 atom stereocenters. The summed E-state index contributed by atoms with van der Waals surface area (Å²) in [7, 11) is -3.09. The van der Waals surface area contributed by atoms with Crippen molar-refractivity contribution in [1.29, 1.82) is 0 Å². The first-order chi connectivity index (χ1) is 16.7. The van der Waals surface area contributed by atoms with Crippen LogP contribution in [-0.4, -0.2) is 40.4 Å². The maximum absolute atomic E-state index is 13.5. The fraction of sp³-hybridized carbons (Fsp3) is 0.296. The lowest BCUT2D eigenvalue weighted by atomic mass is 10.0. The van der Waals surface area contributed by atoms with Gasteiger partial charge in [0.2, 0.25) is 0 Å². The third-order valence-corrected chi connectivity index (χ3v) is 8.30. The van der Waals surface area contributed by atoms with Gasteiger partial charge in [-0.2, -0.15) is 0 Å². The molecule has 1 aliphatic heterocycles. The van der Waals surface area contributed by atoms with Crippen LogP contribution in [0.3, 0.4) is 0 Å². The number of hydrogen-bond acceptors (Lipinski definition) is 5. The zero-order valence-electron chi connectivity index (χ0n) is 20.0. The Bertz CT molecular complexity index is 1510. The molecule has 2 aromatic carbocycles. The van der Waals surface area contributed by atoms with E-state index in [1.54, 1.807) is 0 Å². The van der Waals surface area contributed by atoms with Crippen LogP contribution in [0.5, 0.6) is 0 Å². The first-order valence-corrected chi connectivity index (χ1v) is 13.6. The second-order valence-electron chi connectivity index (χ2n) is 9.41. The van der Waals surface area contributed by atoms with Crippen LogP contribution in [0, 0.1) is 6.92 Å². The van der Waals surface area contributed by atoms with Gasteiger partial charge in [-0.25, -0.2) is 18.4 Å². The molecule has 0 aliphatic carbocycles. The number of amides is 1. The lowest BCUT2D eigenvalue weighted by Crippen LogP contribution is -2.15. The van der Waals surface area contributed by atoms with E-state index in [4.69, 9.17) is 4.98 Å². The number of nitrogens with zero attached hydrogens (tertiary/aromatic N) is 3. The number of imidazole rings is 1. The Morgan fingerprint density at radius 2 is 1.77 bits per heavy atom. The topological polar surface area (TPSA) is 93.9 Å². The number of hydrogen-bond donors (Lipinski definition) is 1. The number of aromatic nitrogens is 3. The molecule has 3 heterocycles. The molecule has 7 nitrogen and oxygen atoms in total. The van der Waals surface area contributed by atoms with Crippen LogP contribution in [0.2, 0.25) is 0 Å². The van der Waals surface area contributed by atoms with E-state index < -0.39 is 9.84 Å².